The summed E-state index contributed by atoms with van der Waals surface area (Å²) in [4.78, 5) is 32.6. The van der Waals surface area contributed by atoms with E-state index in [0.717, 1.165) is 0 Å². The molecule has 7 nitrogen and oxygen atoms in total. The summed E-state index contributed by atoms with van der Waals surface area (Å²) in [7, 11) is 0. The first-order valence-corrected chi connectivity index (χ1v) is 5.35. The summed E-state index contributed by atoms with van der Waals surface area (Å²) in [6, 6.07) is 3.43. The number of hydrogen-bond acceptors (Lipinski definition) is 4. The van der Waals surface area contributed by atoms with Gasteiger partial charge in [-0.25, -0.2) is 0 Å². The third-order valence-corrected chi connectivity index (χ3v) is 2.06. The van der Waals surface area contributed by atoms with Crippen molar-refractivity contribution in [3.63, 3.8) is 0 Å². The molecule has 0 aliphatic heterocycles. The topological polar surface area (TPSA) is 109 Å². The number of aliphatic carboxylic acids is 1. The van der Waals surface area contributed by atoms with Crippen molar-refractivity contribution in [1.29, 1.82) is 0 Å². The van der Waals surface area contributed by atoms with E-state index in [4.69, 9.17) is 9.52 Å². The van der Waals surface area contributed by atoms with E-state index in [0.29, 0.717) is 5.76 Å². The van der Waals surface area contributed by atoms with Gasteiger partial charge in [0.1, 0.15) is 12.3 Å². The summed E-state index contributed by atoms with van der Waals surface area (Å²) in [5, 5.41) is 13.1. The van der Waals surface area contributed by atoms with E-state index in [1.54, 1.807) is 12.1 Å². The van der Waals surface area contributed by atoms with Crippen LogP contribution in [0.15, 0.2) is 22.8 Å². The number of carboxylic acid groups (broad SMARTS) is 1. The van der Waals surface area contributed by atoms with Crippen LogP contribution in [0.3, 0.4) is 0 Å². The van der Waals surface area contributed by atoms with Gasteiger partial charge in [-0.15, -0.1) is 0 Å². The number of carbonyl (C=O) groups excluding carboxylic acids is 2. The second kappa shape index (κ2) is 7.10. The first-order valence-electron chi connectivity index (χ1n) is 5.35. The number of rotatable bonds is 7. The molecule has 1 aromatic heterocycles. The number of carbonyl (C=O) groups is 3. The molecule has 0 spiro atoms. The SMILES string of the molecule is O=C(O)CNC(=O)CCC(=O)NCc1ccco1. The quantitative estimate of drug-likeness (QED) is 0.628. The largest absolute Gasteiger partial charge is 0.480 e. The Hall–Kier alpha value is -2.31. The lowest BCUT2D eigenvalue weighted by molar-refractivity contribution is -0.138. The third kappa shape index (κ3) is 5.69. The summed E-state index contributed by atoms with van der Waals surface area (Å²) in [6.45, 7) is -0.171. The Morgan fingerprint density at radius 1 is 1.17 bits per heavy atom. The van der Waals surface area contributed by atoms with Gasteiger partial charge < -0.3 is 20.2 Å². The van der Waals surface area contributed by atoms with Crippen LogP contribution in [0.1, 0.15) is 18.6 Å². The Balaban J connectivity index is 2.13. The molecule has 0 fully saturated rings. The van der Waals surface area contributed by atoms with Gasteiger partial charge in [0.2, 0.25) is 11.8 Å². The molecule has 0 bridgehead atoms. The van der Waals surface area contributed by atoms with Crippen LogP contribution in [-0.2, 0) is 20.9 Å². The first kappa shape index (κ1) is 13.8. The zero-order chi connectivity index (χ0) is 13.4. The van der Waals surface area contributed by atoms with Crippen molar-refractivity contribution in [2.75, 3.05) is 6.54 Å². The molecule has 1 aromatic rings. The van der Waals surface area contributed by atoms with Crippen molar-refractivity contribution in [2.45, 2.75) is 19.4 Å². The molecule has 0 atom stereocenters. The average Bonchev–Trinajstić information content (AvgIpc) is 2.84. The minimum absolute atomic E-state index is 0.00611. The Kier molecular flexibility index (Phi) is 5.43. The van der Waals surface area contributed by atoms with E-state index in [2.05, 4.69) is 10.6 Å². The van der Waals surface area contributed by atoms with Crippen molar-refractivity contribution in [1.82, 2.24) is 10.6 Å². The van der Waals surface area contributed by atoms with Gasteiger partial charge in [0, 0.05) is 12.8 Å². The summed E-state index contributed by atoms with van der Waals surface area (Å²) in [6.07, 6.45) is 1.46. The van der Waals surface area contributed by atoms with Gasteiger partial charge in [-0.3, -0.25) is 14.4 Å². The lowest BCUT2D eigenvalue weighted by Crippen LogP contribution is -2.31. The normalized spacial score (nSPS) is 9.78. The Morgan fingerprint density at radius 2 is 1.83 bits per heavy atom. The van der Waals surface area contributed by atoms with Gasteiger partial charge in [-0.05, 0) is 12.1 Å². The second-order valence-electron chi connectivity index (χ2n) is 3.53. The molecular weight excluding hydrogens is 240 g/mol. The molecule has 3 N–H and O–H groups in total. The number of nitrogens with one attached hydrogen (secondary N) is 2. The maximum Gasteiger partial charge on any atom is 0.322 e. The van der Waals surface area contributed by atoms with Crippen LogP contribution < -0.4 is 10.6 Å². The highest BCUT2D eigenvalue weighted by molar-refractivity contribution is 5.85. The van der Waals surface area contributed by atoms with Gasteiger partial charge in [-0.1, -0.05) is 0 Å². The maximum absolute atomic E-state index is 11.3. The van der Waals surface area contributed by atoms with Crippen LogP contribution in [-0.4, -0.2) is 29.4 Å². The molecule has 0 unspecified atom stereocenters. The molecule has 0 saturated carbocycles. The van der Waals surface area contributed by atoms with Crippen LogP contribution in [0.5, 0.6) is 0 Å². The zero-order valence-electron chi connectivity index (χ0n) is 9.64. The third-order valence-electron chi connectivity index (χ3n) is 2.06. The molecule has 1 heterocycles. The summed E-state index contributed by atoms with van der Waals surface area (Å²) >= 11 is 0. The van der Waals surface area contributed by atoms with Crippen molar-refractivity contribution in [3.05, 3.63) is 24.2 Å². The van der Waals surface area contributed by atoms with Gasteiger partial charge >= 0.3 is 5.97 Å². The van der Waals surface area contributed by atoms with E-state index in [-0.39, 0.29) is 25.3 Å². The number of carboxylic acids is 1. The van der Waals surface area contributed by atoms with Gasteiger partial charge in [0.05, 0.1) is 12.8 Å². The lowest BCUT2D eigenvalue weighted by Gasteiger charge is -2.03. The Bertz CT molecular complexity index is 413. The molecule has 1 rings (SSSR count). The maximum atomic E-state index is 11.3. The molecule has 0 aliphatic rings. The second-order valence-corrected chi connectivity index (χ2v) is 3.53. The lowest BCUT2D eigenvalue weighted by atomic mass is 10.2. The highest BCUT2D eigenvalue weighted by Gasteiger charge is 2.08. The van der Waals surface area contributed by atoms with Crippen LogP contribution in [0.4, 0.5) is 0 Å². The predicted octanol–water partition coefficient (Wildman–Crippen LogP) is -0.123. The minimum Gasteiger partial charge on any atom is -0.480 e. The zero-order valence-corrected chi connectivity index (χ0v) is 9.64. The summed E-state index contributed by atoms with van der Waals surface area (Å²) < 4.78 is 5.02. The fraction of sp³-hybridized carbons (Fsp3) is 0.364. The molecule has 0 saturated heterocycles. The summed E-state index contributed by atoms with van der Waals surface area (Å²) in [5.74, 6) is -1.26. The van der Waals surface area contributed by atoms with Crippen molar-refractivity contribution in [2.24, 2.45) is 0 Å². The standard InChI is InChI=1S/C11H14N2O5/c14-9(12-6-8-2-1-5-18-8)3-4-10(15)13-7-11(16)17/h1-2,5H,3-4,6-7H2,(H,12,14)(H,13,15)(H,16,17). The van der Waals surface area contributed by atoms with Crippen LogP contribution >= 0.6 is 0 Å². The minimum atomic E-state index is -1.12. The fourth-order valence-corrected chi connectivity index (χ4v) is 1.18. The molecule has 0 aliphatic carbocycles. The van der Waals surface area contributed by atoms with Crippen LogP contribution in [0.25, 0.3) is 0 Å². The molecule has 0 aromatic carbocycles. The Morgan fingerprint density at radius 3 is 2.39 bits per heavy atom. The first-order chi connectivity index (χ1) is 8.58. The van der Waals surface area contributed by atoms with Crippen LogP contribution in [0.2, 0.25) is 0 Å². The van der Waals surface area contributed by atoms with Crippen molar-refractivity contribution < 1.29 is 23.9 Å². The monoisotopic (exact) mass is 254 g/mol. The molecule has 7 heteroatoms. The summed E-state index contributed by atoms with van der Waals surface area (Å²) in [5.41, 5.74) is 0. The van der Waals surface area contributed by atoms with Gasteiger partial charge in [0.25, 0.3) is 0 Å². The van der Waals surface area contributed by atoms with Crippen molar-refractivity contribution >= 4 is 17.8 Å². The smallest absolute Gasteiger partial charge is 0.322 e. The highest BCUT2D eigenvalue weighted by atomic mass is 16.4. The molecule has 2 amide bonds. The van der Waals surface area contributed by atoms with E-state index >= 15 is 0 Å². The predicted molar refractivity (Wildman–Crippen MR) is 60.4 cm³/mol. The Labute approximate surface area is 103 Å². The van der Waals surface area contributed by atoms with Gasteiger partial charge in [0.15, 0.2) is 0 Å². The fourth-order valence-electron chi connectivity index (χ4n) is 1.18. The van der Waals surface area contributed by atoms with E-state index in [9.17, 15) is 14.4 Å². The van der Waals surface area contributed by atoms with E-state index in [1.165, 1.54) is 6.26 Å². The molecule has 98 valence electrons. The molecular formula is C11H14N2O5. The highest BCUT2D eigenvalue weighted by Crippen LogP contribution is 1.99. The van der Waals surface area contributed by atoms with Crippen LogP contribution in [0, 0.1) is 0 Å². The van der Waals surface area contributed by atoms with E-state index in [1.807, 2.05) is 0 Å². The van der Waals surface area contributed by atoms with Gasteiger partial charge in [-0.2, -0.15) is 0 Å². The average molecular weight is 254 g/mol. The number of amides is 2. The number of hydrogen-bond donors (Lipinski definition) is 3. The molecule has 18 heavy (non-hydrogen) atoms. The molecule has 0 radical (unpaired) electrons. The number of furan rings is 1. The van der Waals surface area contributed by atoms with E-state index < -0.39 is 18.4 Å². The van der Waals surface area contributed by atoms with Crippen molar-refractivity contribution in [3.8, 4) is 0 Å².